The number of benzene rings is 1. The summed E-state index contributed by atoms with van der Waals surface area (Å²) in [6, 6.07) is 5.99. The molecule has 98 valence electrons. The molecule has 0 unspecified atom stereocenters. The minimum atomic E-state index is -0.547. The Kier molecular flexibility index (Phi) is 3.46. The number of phenolic OH excluding ortho intramolecular Hbond substituents is 1. The number of aromatic hydroxyl groups is 1. The average molecular weight is 260 g/mol. The van der Waals surface area contributed by atoms with Crippen LogP contribution in [0.5, 0.6) is 5.75 Å². The van der Waals surface area contributed by atoms with Crippen LogP contribution in [0, 0.1) is 0 Å². The Hall–Kier alpha value is -2.83. The van der Waals surface area contributed by atoms with Crippen molar-refractivity contribution in [3.63, 3.8) is 0 Å². The van der Waals surface area contributed by atoms with Gasteiger partial charge >= 0.3 is 5.69 Å². The molecular formula is C12H12N4O3. The highest BCUT2D eigenvalue weighted by molar-refractivity contribution is 5.91. The third-order valence-corrected chi connectivity index (χ3v) is 2.53. The molecule has 0 aliphatic rings. The molecule has 1 aromatic carbocycles. The quantitative estimate of drug-likeness (QED) is 0.707. The fraction of sp³-hybridized carbons (Fsp3) is 0.0833. The van der Waals surface area contributed by atoms with E-state index in [1.165, 1.54) is 29.3 Å². The van der Waals surface area contributed by atoms with Gasteiger partial charge in [0, 0.05) is 19.3 Å². The maximum Gasteiger partial charge on any atom is 0.346 e. The van der Waals surface area contributed by atoms with Crippen molar-refractivity contribution >= 4 is 23.6 Å². The molecule has 0 aliphatic carbocycles. The number of aromatic amines is 1. The van der Waals surface area contributed by atoms with Crippen LogP contribution in [0.4, 0.5) is 17.2 Å². The summed E-state index contributed by atoms with van der Waals surface area (Å²) in [6.07, 6.45) is 1.88. The van der Waals surface area contributed by atoms with Gasteiger partial charge in [-0.1, -0.05) is 0 Å². The molecule has 19 heavy (non-hydrogen) atoms. The first-order valence-corrected chi connectivity index (χ1v) is 5.46. The number of rotatable bonds is 4. The highest BCUT2D eigenvalue weighted by atomic mass is 16.3. The SMILES string of the molecule is CNc1cc(O)ccc1N(C=O)c1ccnc(=O)[nH]1. The maximum atomic E-state index is 11.3. The molecule has 7 nitrogen and oxygen atoms in total. The van der Waals surface area contributed by atoms with Crippen LogP contribution in [0.2, 0.25) is 0 Å². The van der Waals surface area contributed by atoms with Crippen molar-refractivity contribution in [2.75, 3.05) is 17.3 Å². The fourth-order valence-corrected chi connectivity index (χ4v) is 1.68. The van der Waals surface area contributed by atoms with Gasteiger partial charge < -0.3 is 10.4 Å². The largest absolute Gasteiger partial charge is 0.508 e. The maximum absolute atomic E-state index is 11.3. The van der Waals surface area contributed by atoms with E-state index in [2.05, 4.69) is 15.3 Å². The summed E-state index contributed by atoms with van der Waals surface area (Å²) >= 11 is 0. The number of nitrogens with zero attached hydrogens (tertiary/aromatic N) is 2. The fourth-order valence-electron chi connectivity index (χ4n) is 1.68. The normalized spacial score (nSPS) is 9.95. The molecule has 1 heterocycles. The van der Waals surface area contributed by atoms with E-state index in [0.29, 0.717) is 17.8 Å². The first-order valence-electron chi connectivity index (χ1n) is 5.46. The van der Waals surface area contributed by atoms with E-state index in [1.54, 1.807) is 13.1 Å². The molecule has 7 heteroatoms. The van der Waals surface area contributed by atoms with E-state index in [9.17, 15) is 14.7 Å². The lowest BCUT2D eigenvalue weighted by Gasteiger charge is -2.20. The molecule has 1 amide bonds. The monoisotopic (exact) mass is 260 g/mol. The summed E-state index contributed by atoms with van der Waals surface area (Å²) in [7, 11) is 1.66. The topological polar surface area (TPSA) is 98.3 Å². The van der Waals surface area contributed by atoms with Gasteiger partial charge in [0.2, 0.25) is 6.41 Å². The molecule has 0 radical (unpaired) electrons. The number of H-pyrrole nitrogens is 1. The lowest BCUT2D eigenvalue weighted by Crippen LogP contribution is -2.21. The Morgan fingerprint density at radius 2 is 2.21 bits per heavy atom. The number of hydrogen-bond acceptors (Lipinski definition) is 5. The van der Waals surface area contributed by atoms with Crippen molar-refractivity contribution in [2.24, 2.45) is 0 Å². The van der Waals surface area contributed by atoms with Gasteiger partial charge in [0.25, 0.3) is 0 Å². The summed E-state index contributed by atoms with van der Waals surface area (Å²) in [4.78, 5) is 29.7. The summed E-state index contributed by atoms with van der Waals surface area (Å²) < 4.78 is 0. The predicted octanol–water partition coefficient (Wildman–Crippen LogP) is 0.812. The van der Waals surface area contributed by atoms with Gasteiger partial charge in [0.1, 0.15) is 11.6 Å². The Bertz CT molecular complexity index is 653. The van der Waals surface area contributed by atoms with Gasteiger partial charge in [-0.25, -0.2) is 9.78 Å². The number of carbonyl (C=O) groups excluding carboxylic acids is 1. The van der Waals surface area contributed by atoms with Crippen molar-refractivity contribution in [3.8, 4) is 5.75 Å². The van der Waals surface area contributed by atoms with E-state index in [4.69, 9.17) is 0 Å². The molecule has 1 aromatic heterocycles. The molecule has 0 saturated carbocycles. The average Bonchev–Trinajstić information content (AvgIpc) is 2.41. The van der Waals surface area contributed by atoms with E-state index in [0.717, 1.165) is 0 Å². The van der Waals surface area contributed by atoms with Gasteiger partial charge in [-0.15, -0.1) is 0 Å². The zero-order chi connectivity index (χ0) is 13.8. The summed E-state index contributed by atoms with van der Waals surface area (Å²) in [6.45, 7) is 0. The molecule has 2 aromatic rings. The number of amides is 1. The Balaban J connectivity index is 2.54. The standard InChI is InChI=1S/C12H12N4O3/c1-13-9-6-8(18)2-3-10(9)16(7-17)11-4-5-14-12(19)15-11/h2-7,13,18H,1H3,(H,14,15,19). The lowest BCUT2D eigenvalue weighted by atomic mass is 10.2. The Morgan fingerprint density at radius 3 is 2.84 bits per heavy atom. The third kappa shape index (κ3) is 2.54. The van der Waals surface area contributed by atoms with Gasteiger partial charge in [-0.3, -0.25) is 14.7 Å². The van der Waals surface area contributed by atoms with Gasteiger partial charge in [0.15, 0.2) is 0 Å². The molecule has 0 saturated heterocycles. The second-order valence-electron chi connectivity index (χ2n) is 3.69. The minimum Gasteiger partial charge on any atom is -0.508 e. The van der Waals surface area contributed by atoms with Crippen LogP contribution in [-0.2, 0) is 4.79 Å². The van der Waals surface area contributed by atoms with Crippen molar-refractivity contribution in [1.29, 1.82) is 0 Å². The van der Waals surface area contributed by atoms with E-state index < -0.39 is 5.69 Å². The highest BCUT2D eigenvalue weighted by Crippen LogP contribution is 2.32. The molecule has 0 atom stereocenters. The van der Waals surface area contributed by atoms with Gasteiger partial charge in [-0.05, 0) is 18.2 Å². The van der Waals surface area contributed by atoms with Crippen LogP contribution < -0.4 is 15.9 Å². The van der Waals surface area contributed by atoms with Crippen LogP contribution >= 0.6 is 0 Å². The number of hydrogen-bond donors (Lipinski definition) is 3. The van der Waals surface area contributed by atoms with Crippen LogP contribution in [0.3, 0.4) is 0 Å². The lowest BCUT2D eigenvalue weighted by molar-refractivity contribution is -0.106. The van der Waals surface area contributed by atoms with Crippen molar-refractivity contribution in [1.82, 2.24) is 9.97 Å². The molecule has 3 N–H and O–H groups in total. The summed E-state index contributed by atoms with van der Waals surface area (Å²) in [5.41, 5.74) is 0.496. The van der Waals surface area contributed by atoms with Gasteiger partial charge in [0.05, 0.1) is 11.4 Å². The zero-order valence-electron chi connectivity index (χ0n) is 10.1. The second kappa shape index (κ2) is 5.21. The van der Waals surface area contributed by atoms with Crippen molar-refractivity contribution in [2.45, 2.75) is 0 Å². The minimum absolute atomic E-state index is 0.0715. The van der Waals surface area contributed by atoms with Crippen LogP contribution in [-0.4, -0.2) is 28.5 Å². The number of phenols is 1. The molecular weight excluding hydrogens is 248 g/mol. The molecule has 0 aliphatic heterocycles. The first-order chi connectivity index (χ1) is 9.15. The number of anilines is 3. The highest BCUT2D eigenvalue weighted by Gasteiger charge is 2.13. The van der Waals surface area contributed by atoms with Crippen LogP contribution in [0.15, 0.2) is 35.3 Å². The Labute approximate surface area is 108 Å². The van der Waals surface area contributed by atoms with Crippen LogP contribution in [0.1, 0.15) is 0 Å². The molecule has 0 spiro atoms. The predicted molar refractivity (Wildman–Crippen MR) is 70.7 cm³/mol. The van der Waals surface area contributed by atoms with E-state index >= 15 is 0 Å². The molecule has 0 bridgehead atoms. The number of carbonyl (C=O) groups is 1. The third-order valence-electron chi connectivity index (χ3n) is 2.53. The van der Waals surface area contributed by atoms with E-state index in [1.807, 2.05) is 0 Å². The second-order valence-corrected chi connectivity index (χ2v) is 3.69. The van der Waals surface area contributed by atoms with Gasteiger partial charge in [-0.2, -0.15) is 0 Å². The smallest absolute Gasteiger partial charge is 0.346 e. The molecule has 2 rings (SSSR count). The van der Waals surface area contributed by atoms with E-state index in [-0.39, 0.29) is 11.6 Å². The van der Waals surface area contributed by atoms with Crippen LogP contribution in [0.25, 0.3) is 0 Å². The first kappa shape index (κ1) is 12.6. The molecule has 0 fully saturated rings. The zero-order valence-corrected chi connectivity index (χ0v) is 10.1. The number of nitrogens with one attached hydrogen (secondary N) is 2. The summed E-state index contributed by atoms with van der Waals surface area (Å²) in [5, 5.41) is 12.3. The summed E-state index contributed by atoms with van der Waals surface area (Å²) in [5.74, 6) is 0.361. The Morgan fingerprint density at radius 1 is 1.42 bits per heavy atom. The number of aromatic nitrogens is 2. The van der Waals surface area contributed by atoms with Crippen molar-refractivity contribution < 1.29 is 9.90 Å². The van der Waals surface area contributed by atoms with Crippen molar-refractivity contribution in [3.05, 3.63) is 40.9 Å².